The summed E-state index contributed by atoms with van der Waals surface area (Å²) in [7, 11) is 2.90. The second-order valence-electron chi connectivity index (χ2n) is 5.84. The molecule has 0 saturated heterocycles. The van der Waals surface area contributed by atoms with E-state index < -0.39 is 11.2 Å². The van der Waals surface area contributed by atoms with Gasteiger partial charge >= 0.3 is 5.69 Å². The summed E-state index contributed by atoms with van der Waals surface area (Å²) in [6.45, 7) is 2.46. The van der Waals surface area contributed by atoms with E-state index in [1.165, 1.54) is 18.7 Å². The molecule has 0 fully saturated rings. The lowest BCUT2D eigenvalue weighted by atomic mass is 10.2. The van der Waals surface area contributed by atoms with E-state index in [1.807, 2.05) is 37.3 Å². The third-order valence-electron chi connectivity index (χ3n) is 4.08. The molecule has 1 N–H and O–H groups in total. The molecular formula is C17H17N5O2S. The van der Waals surface area contributed by atoms with Crippen LogP contribution < -0.4 is 16.6 Å². The summed E-state index contributed by atoms with van der Waals surface area (Å²) in [5, 5.41) is 13.3. The molecule has 3 aromatic rings. The number of hydrogen-bond donors (Lipinski definition) is 1. The van der Waals surface area contributed by atoms with Gasteiger partial charge in [-0.3, -0.25) is 13.9 Å². The minimum atomic E-state index is -0.597. The van der Waals surface area contributed by atoms with Crippen molar-refractivity contribution in [3.05, 3.63) is 55.7 Å². The number of nitrogens with one attached hydrogen (secondary N) is 1. The highest BCUT2D eigenvalue weighted by molar-refractivity contribution is 7.18. The summed E-state index contributed by atoms with van der Waals surface area (Å²) in [6, 6.07) is 9.80. The number of hydrogen-bond acceptors (Lipinski definition) is 6. The average molecular weight is 355 g/mol. The Morgan fingerprint density at radius 1 is 1.28 bits per heavy atom. The van der Waals surface area contributed by atoms with Crippen LogP contribution in [0.15, 0.2) is 33.9 Å². The van der Waals surface area contributed by atoms with Crippen LogP contribution in [-0.2, 0) is 14.1 Å². The normalized spacial score (nSPS) is 12.1. The molecule has 1 atom stereocenters. The number of benzene rings is 1. The van der Waals surface area contributed by atoms with E-state index in [-0.39, 0.29) is 17.3 Å². The minimum Gasteiger partial charge on any atom is -0.369 e. The van der Waals surface area contributed by atoms with Crippen molar-refractivity contribution < 1.29 is 0 Å². The third kappa shape index (κ3) is 2.94. The van der Waals surface area contributed by atoms with Crippen LogP contribution in [0.3, 0.4) is 0 Å². The van der Waals surface area contributed by atoms with Crippen LogP contribution in [0.4, 0.5) is 5.82 Å². The highest BCUT2D eigenvalue weighted by Gasteiger charge is 2.17. The SMILES string of the molecule is C[C@H](CNc1c(C#N)c(=O)n(C)c(=O)n1C)c1nc2ccccc2s1. The molecule has 0 unspecified atom stereocenters. The van der Waals surface area contributed by atoms with Crippen LogP contribution >= 0.6 is 11.3 Å². The monoisotopic (exact) mass is 355 g/mol. The van der Waals surface area contributed by atoms with Crippen LogP contribution in [0.5, 0.6) is 0 Å². The van der Waals surface area contributed by atoms with Crippen LogP contribution in [-0.4, -0.2) is 20.7 Å². The van der Waals surface area contributed by atoms with Crippen molar-refractivity contribution >= 4 is 27.4 Å². The van der Waals surface area contributed by atoms with Crippen molar-refractivity contribution in [1.29, 1.82) is 5.26 Å². The van der Waals surface area contributed by atoms with Gasteiger partial charge in [-0.1, -0.05) is 19.1 Å². The van der Waals surface area contributed by atoms with Crippen molar-refractivity contribution in [3.63, 3.8) is 0 Å². The molecule has 128 valence electrons. The second kappa shape index (κ2) is 6.53. The fourth-order valence-corrected chi connectivity index (χ4v) is 3.61. The molecule has 0 radical (unpaired) electrons. The minimum absolute atomic E-state index is 0.0584. The van der Waals surface area contributed by atoms with Gasteiger partial charge in [0.05, 0.1) is 15.2 Å². The average Bonchev–Trinajstić information content (AvgIpc) is 3.05. The first kappa shape index (κ1) is 16.9. The highest BCUT2D eigenvalue weighted by Crippen LogP contribution is 2.27. The van der Waals surface area contributed by atoms with Gasteiger partial charge in [-0.15, -0.1) is 11.3 Å². The first-order valence-corrected chi connectivity index (χ1v) is 8.55. The van der Waals surface area contributed by atoms with E-state index in [2.05, 4.69) is 10.3 Å². The van der Waals surface area contributed by atoms with Crippen molar-refractivity contribution in [3.8, 4) is 6.07 Å². The van der Waals surface area contributed by atoms with E-state index in [0.29, 0.717) is 6.54 Å². The Hall–Kier alpha value is -2.92. The molecule has 2 heterocycles. The Bertz CT molecular complexity index is 1070. The van der Waals surface area contributed by atoms with Crippen molar-refractivity contribution in [2.24, 2.45) is 14.1 Å². The van der Waals surface area contributed by atoms with Gasteiger partial charge in [0, 0.05) is 26.6 Å². The number of rotatable bonds is 4. The molecule has 8 heteroatoms. The van der Waals surface area contributed by atoms with E-state index >= 15 is 0 Å². The van der Waals surface area contributed by atoms with Crippen molar-refractivity contribution in [1.82, 2.24) is 14.1 Å². The number of fused-ring (bicyclic) bond motifs is 1. The van der Waals surface area contributed by atoms with Gasteiger partial charge in [-0.25, -0.2) is 9.78 Å². The van der Waals surface area contributed by atoms with Crippen LogP contribution in [0.2, 0.25) is 0 Å². The molecule has 0 aliphatic rings. The first-order chi connectivity index (χ1) is 11.9. The van der Waals surface area contributed by atoms with Gasteiger partial charge in [0.15, 0.2) is 5.56 Å². The molecule has 0 aliphatic carbocycles. The lowest BCUT2D eigenvalue weighted by Gasteiger charge is -2.15. The quantitative estimate of drug-likeness (QED) is 0.770. The van der Waals surface area contributed by atoms with Gasteiger partial charge in [0.25, 0.3) is 5.56 Å². The van der Waals surface area contributed by atoms with E-state index in [4.69, 9.17) is 0 Å². The fraction of sp³-hybridized carbons (Fsp3) is 0.294. The number of aromatic nitrogens is 3. The fourth-order valence-electron chi connectivity index (χ4n) is 2.59. The Balaban J connectivity index is 1.90. The van der Waals surface area contributed by atoms with E-state index in [1.54, 1.807) is 11.3 Å². The van der Waals surface area contributed by atoms with Crippen molar-refractivity contribution in [2.75, 3.05) is 11.9 Å². The topological polar surface area (TPSA) is 92.7 Å². The van der Waals surface area contributed by atoms with Gasteiger partial charge in [0.1, 0.15) is 11.9 Å². The highest BCUT2D eigenvalue weighted by atomic mass is 32.1. The molecule has 0 spiro atoms. The lowest BCUT2D eigenvalue weighted by Crippen LogP contribution is -2.40. The van der Waals surface area contributed by atoms with Gasteiger partial charge in [-0.2, -0.15) is 5.26 Å². The zero-order valence-corrected chi connectivity index (χ0v) is 14.9. The molecular weight excluding hydrogens is 338 g/mol. The summed E-state index contributed by atoms with van der Waals surface area (Å²) in [5.74, 6) is 0.298. The maximum absolute atomic E-state index is 12.1. The first-order valence-electron chi connectivity index (χ1n) is 7.73. The second-order valence-corrected chi connectivity index (χ2v) is 6.91. The Morgan fingerprint density at radius 2 is 2.00 bits per heavy atom. The zero-order valence-electron chi connectivity index (χ0n) is 14.1. The number of anilines is 1. The van der Waals surface area contributed by atoms with Crippen LogP contribution in [0.25, 0.3) is 10.2 Å². The van der Waals surface area contributed by atoms with E-state index in [9.17, 15) is 14.9 Å². The molecule has 0 saturated carbocycles. The van der Waals surface area contributed by atoms with Crippen LogP contribution in [0, 0.1) is 11.3 Å². The Morgan fingerprint density at radius 3 is 2.68 bits per heavy atom. The largest absolute Gasteiger partial charge is 0.369 e. The molecule has 0 amide bonds. The number of thiazole rings is 1. The molecule has 0 bridgehead atoms. The number of nitriles is 1. The molecule has 2 aromatic heterocycles. The summed E-state index contributed by atoms with van der Waals surface area (Å²) in [4.78, 5) is 28.8. The molecule has 7 nitrogen and oxygen atoms in total. The van der Waals surface area contributed by atoms with Gasteiger partial charge in [0.2, 0.25) is 0 Å². The molecule has 25 heavy (non-hydrogen) atoms. The third-order valence-corrected chi connectivity index (χ3v) is 5.35. The summed E-state index contributed by atoms with van der Waals surface area (Å²) >= 11 is 1.61. The molecule has 3 rings (SSSR count). The summed E-state index contributed by atoms with van der Waals surface area (Å²) in [5.41, 5.74) is -0.186. The van der Waals surface area contributed by atoms with Gasteiger partial charge < -0.3 is 5.32 Å². The molecule has 0 aliphatic heterocycles. The maximum atomic E-state index is 12.1. The Labute approximate surface area is 147 Å². The molecule has 1 aromatic carbocycles. The van der Waals surface area contributed by atoms with Crippen molar-refractivity contribution in [2.45, 2.75) is 12.8 Å². The number of para-hydroxylation sites is 1. The van der Waals surface area contributed by atoms with Gasteiger partial charge in [-0.05, 0) is 12.1 Å². The standard InChI is InChI=1S/C17H17N5O2S/c1-10(15-20-12-6-4-5-7-13(12)25-15)9-19-14-11(8-18)16(23)22(3)17(24)21(14)2/h4-7,10,19H,9H2,1-3H3/t10-/m1/s1. The lowest BCUT2D eigenvalue weighted by molar-refractivity contribution is 0.680. The van der Waals surface area contributed by atoms with E-state index in [0.717, 1.165) is 19.8 Å². The predicted molar refractivity (Wildman–Crippen MR) is 98.2 cm³/mol. The Kier molecular flexibility index (Phi) is 4.42. The summed E-state index contributed by atoms with van der Waals surface area (Å²) < 4.78 is 3.33. The number of nitrogens with zero attached hydrogens (tertiary/aromatic N) is 4. The smallest absolute Gasteiger partial charge is 0.332 e. The maximum Gasteiger partial charge on any atom is 0.332 e. The summed E-state index contributed by atoms with van der Waals surface area (Å²) in [6.07, 6.45) is 0. The van der Waals surface area contributed by atoms with Crippen LogP contribution in [0.1, 0.15) is 23.4 Å². The zero-order chi connectivity index (χ0) is 18.1. The predicted octanol–water partition coefficient (Wildman–Crippen LogP) is 1.78.